The van der Waals surface area contributed by atoms with Gasteiger partial charge in [0.2, 0.25) is 0 Å². The summed E-state index contributed by atoms with van der Waals surface area (Å²) in [6.45, 7) is 0. The predicted molar refractivity (Wildman–Crippen MR) is 54.7 cm³/mol. The van der Waals surface area contributed by atoms with Gasteiger partial charge in [-0.05, 0) is 30.3 Å². The van der Waals surface area contributed by atoms with E-state index in [1.165, 1.54) is 18.2 Å². The first kappa shape index (κ1) is 9.33. The highest BCUT2D eigenvalue weighted by molar-refractivity contribution is 5.68. The first-order chi connectivity index (χ1) is 7.18. The Morgan fingerprint density at radius 3 is 2.33 bits per heavy atom. The summed E-state index contributed by atoms with van der Waals surface area (Å²) in [7, 11) is 0. The minimum Gasteiger partial charge on any atom is -0.506 e. The topological polar surface area (TPSA) is 73.6 Å². The van der Waals surface area contributed by atoms with Gasteiger partial charge in [0.1, 0.15) is 11.4 Å². The Bertz CT molecular complexity index is 497. The van der Waals surface area contributed by atoms with Gasteiger partial charge in [-0.15, -0.1) is 0 Å². The highest BCUT2D eigenvalue weighted by Crippen LogP contribution is 2.32. The van der Waals surface area contributed by atoms with E-state index in [-0.39, 0.29) is 17.2 Å². The summed E-state index contributed by atoms with van der Waals surface area (Å²) in [4.78, 5) is 3.98. The molecular formula is C11H9NO3. The van der Waals surface area contributed by atoms with Crippen molar-refractivity contribution in [1.82, 2.24) is 4.98 Å². The maximum absolute atomic E-state index is 9.52. The van der Waals surface area contributed by atoms with Crippen molar-refractivity contribution < 1.29 is 15.3 Å². The molecule has 2 rings (SSSR count). The summed E-state index contributed by atoms with van der Waals surface area (Å²) in [5.41, 5.74) is 0.913. The molecule has 0 atom stereocenters. The van der Waals surface area contributed by atoms with Crippen LogP contribution in [-0.4, -0.2) is 20.3 Å². The normalized spacial score (nSPS) is 10.1. The van der Waals surface area contributed by atoms with Gasteiger partial charge in [0, 0.05) is 11.8 Å². The van der Waals surface area contributed by atoms with Crippen molar-refractivity contribution in [2.75, 3.05) is 0 Å². The fourth-order valence-electron chi connectivity index (χ4n) is 1.29. The molecule has 76 valence electrons. The Hall–Kier alpha value is -2.23. The third kappa shape index (κ3) is 1.69. The number of benzene rings is 1. The SMILES string of the molecule is Oc1ccc(-c2ncccc2O)cc1O. The lowest BCUT2D eigenvalue weighted by Gasteiger charge is -2.04. The van der Waals surface area contributed by atoms with Gasteiger partial charge in [0.15, 0.2) is 11.5 Å². The van der Waals surface area contributed by atoms with Crippen LogP contribution in [0.25, 0.3) is 11.3 Å². The molecule has 2 aromatic rings. The van der Waals surface area contributed by atoms with E-state index in [4.69, 9.17) is 5.11 Å². The number of hydrogen-bond donors (Lipinski definition) is 3. The standard InChI is InChI=1S/C11H9NO3/c13-8-4-3-7(6-10(8)15)11-9(14)2-1-5-12-11/h1-6,13-15H. The molecule has 3 N–H and O–H groups in total. The van der Waals surface area contributed by atoms with Crippen LogP contribution in [0.2, 0.25) is 0 Å². The molecule has 15 heavy (non-hydrogen) atoms. The average Bonchev–Trinajstić information content (AvgIpc) is 2.23. The van der Waals surface area contributed by atoms with Crippen molar-refractivity contribution in [2.45, 2.75) is 0 Å². The Kier molecular flexibility index (Phi) is 2.17. The third-order valence-corrected chi connectivity index (χ3v) is 2.04. The molecule has 0 spiro atoms. The number of aromatic hydroxyl groups is 3. The molecule has 1 heterocycles. The van der Waals surface area contributed by atoms with E-state index in [1.807, 2.05) is 0 Å². The number of hydrogen-bond acceptors (Lipinski definition) is 4. The summed E-state index contributed by atoms with van der Waals surface area (Å²) >= 11 is 0. The van der Waals surface area contributed by atoms with Gasteiger partial charge in [-0.3, -0.25) is 4.98 Å². The molecule has 4 heteroatoms. The zero-order valence-electron chi connectivity index (χ0n) is 7.75. The number of pyridine rings is 1. The molecule has 1 aromatic heterocycles. The molecule has 0 saturated carbocycles. The highest BCUT2D eigenvalue weighted by Gasteiger charge is 2.07. The van der Waals surface area contributed by atoms with Crippen molar-refractivity contribution in [2.24, 2.45) is 0 Å². The van der Waals surface area contributed by atoms with Gasteiger partial charge in [-0.2, -0.15) is 0 Å². The minimum absolute atomic E-state index is 0.0302. The number of rotatable bonds is 1. The van der Waals surface area contributed by atoms with Gasteiger partial charge in [0.25, 0.3) is 0 Å². The van der Waals surface area contributed by atoms with Crippen LogP contribution >= 0.6 is 0 Å². The van der Waals surface area contributed by atoms with Crippen LogP contribution in [0, 0.1) is 0 Å². The van der Waals surface area contributed by atoms with Gasteiger partial charge >= 0.3 is 0 Å². The van der Waals surface area contributed by atoms with Crippen LogP contribution in [0.5, 0.6) is 17.2 Å². The summed E-state index contributed by atoms with van der Waals surface area (Å²) < 4.78 is 0. The Morgan fingerprint density at radius 1 is 0.867 bits per heavy atom. The third-order valence-electron chi connectivity index (χ3n) is 2.04. The van der Waals surface area contributed by atoms with E-state index in [2.05, 4.69) is 4.98 Å². The van der Waals surface area contributed by atoms with Gasteiger partial charge in [-0.1, -0.05) is 0 Å². The second-order valence-corrected chi connectivity index (χ2v) is 3.07. The van der Waals surface area contributed by atoms with E-state index >= 15 is 0 Å². The fourth-order valence-corrected chi connectivity index (χ4v) is 1.29. The summed E-state index contributed by atoms with van der Waals surface area (Å²) in [5.74, 6) is -0.408. The van der Waals surface area contributed by atoms with Gasteiger partial charge in [0.05, 0.1) is 0 Å². The second kappa shape index (κ2) is 3.49. The smallest absolute Gasteiger partial charge is 0.158 e. The minimum atomic E-state index is -0.238. The monoisotopic (exact) mass is 203 g/mol. The van der Waals surface area contributed by atoms with Crippen LogP contribution in [0.1, 0.15) is 0 Å². The zero-order valence-corrected chi connectivity index (χ0v) is 7.75. The van der Waals surface area contributed by atoms with Crippen LogP contribution in [-0.2, 0) is 0 Å². The lowest BCUT2D eigenvalue weighted by Crippen LogP contribution is -1.83. The Labute approximate surface area is 86.1 Å². The van der Waals surface area contributed by atoms with Crippen molar-refractivity contribution in [3.05, 3.63) is 36.5 Å². The van der Waals surface area contributed by atoms with Crippen molar-refractivity contribution in [1.29, 1.82) is 0 Å². The first-order valence-electron chi connectivity index (χ1n) is 4.35. The number of phenols is 2. The first-order valence-corrected chi connectivity index (χ1v) is 4.35. The van der Waals surface area contributed by atoms with Crippen LogP contribution < -0.4 is 0 Å². The predicted octanol–water partition coefficient (Wildman–Crippen LogP) is 1.87. The molecule has 0 aliphatic carbocycles. The molecule has 0 fully saturated rings. The van der Waals surface area contributed by atoms with Crippen molar-refractivity contribution >= 4 is 0 Å². The van der Waals surface area contributed by atoms with E-state index in [1.54, 1.807) is 18.3 Å². The fraction of sp³-hybridized carbons (Fsp3) is 0. The molecule has 0 aliphatic rings. The molecule has 0 radical (unpaired) electrons. The molecule has 0 bridgehead atoms. The summed E-state index contributed by atoms with van der Waals surface area (Å²) in [6.07, 6.45) is 1.54. The molecule has 4 nitrogen and oxygen atoms in total. The molecule has 0 saturated heterocycles. The second-order valence-electron chi connectivity index (χ2n) is 3.07. The maximum Gasteiger partial charge on any atom is 0.158 e. The number of nitrogens with zero attached hydrogens (tertiary/aromatic N) is 1. The molecule has 0 amide bonds. The number of phenolic OH excluding ortho intramolecular Hbond substituents is 2. The average molecular weight is 203 g/mol. The molecule has 0 unspecified atom stereocenters. The summed E-state index contributed by atoms with van der Waals surface area (Å²) in [5, 5.41) is 27.9. The summed E-state index contributed by atoms with van der Waals surface area (Å²) in [6, 6.07) is 7.37. The van der Waals surface area contributed by atoms with Crippen molar-refractivity contribution in [3.8, 4) is 28.5 Å². The van der Waals surface area contributed by atoms with Crippen molar-refractivity contribution in [3.63, 3.8) is 0 Å². The van der Waals surface area contributed by atoms with E-state index in [9.17, 15) is 10.2 Å². The highest BCUT2D eigenvalue weighted by atomic mass is 16.3. The van der Waals surface area contributed by atoms with Crippen LogP contribution in [0.4, 0.5) is 0 Å². The van der Waals surface area contributed by atoms with Gasteiger partial charge in [-0.25, -0.2) is 0 Å². The largest absolute Gasteiger partial charge is 0.506 e. The zero-order chi connectivity index (χ0) is 10.8. The Balaban J connectivity index is 2.55. The van der Waals surface area contributed by atoms with Gasteiger partial charge < -0.3 is 15.3 Å². The van der Waals surface area contributed by atoms with Crippen LogP contribution in [0.3, 0.4) is 0 Å². The van der Waals surface area contributed by atoms with E-state index < -0.39 is 0 Å². The van der Waals surface area contributed by atoms with E-state index in [0.717, 1.165) is 0 Å². The Morgan fingerprint density at radius 2 is 1.67 bits per heavy atom. The molecule has 1 aromatic carbocycles. The molecular weight excluding hydrogens is 194 g/mol. The van der Waals surface area contributed by atoms with E-state index in [0.29, 0.717) is 11.3 Å². The van der Waals surface area contributed by atoms with Crippen LogP contribution in [0.15, 0.2) is 36.5 Å². The molecule has 0 aliphatic heterocycles. The quantitative estimate of drug-likeness (QED) is 0.618. The lowest BCUT2D eigenvalue weighted by atomic mass is 10.1. The maximum atomic E-state index is 9.52. The number of aromatic nitrogens is 1. The lowest BCUT2D eigenvalue weighted by molar-refractivity contribution is 0.404.